The number of aryl methyl sites for hydroxylation is 1. The number of hydrogen-bond donors (Lipinski definition) is 1. The van der Waals surface area contributed by atoms with Gasteiger partial charge in [-0.25, -0.2) is 9.67 Å². The van der Waals surface area contributed by atoms with Crippen LogP contribution >= 0.6 is 11.6 Å². The zero-order chi connectivity index (χ0) is 14.6. The van der Waals surface area contributed by atoms with Gasteiger partial charge >= 0.3 is 0 Å². The second-order valence-corrected chi connectivity index (χ2v) is 5.65. The molecule has 1 atom stereocenters. The van der Waals surface area contributed by atoms with E-state index in [9.17, 15) is 0 Å². The average Bonchev–Trinajstić information content (AvgIpc) is 2.98. The van der Waals surface area contributed by atoms with E-state index in [2.05, 4.69) is 10.1 Å². The van der Waals surface area contributed by atoms with Gasteiger partial charge in [0.2, 0.25) is 0 Å². The first-order valence-electron chi connectivity index (χ1n) is 6.69. The van der Waals surface area contributed by atoms with Crippen molar-refractivity contribution in [3.05, 3.63) is 70.5 Å². The second kappa shape index (κ2) is 4.16. The van der Waals surface area contributed by atoms with Crippen LogP contribution in [-0.4, -0.2) is 14.8 Å². The van der Waals surface area contributed by atoms with Crippen LogP contribution in [0.5, 0.6) is 0 Å². The summed E-state index contributed by atoms with van der Waals surface area (Å²) in [4.78, 5) is 4.51. The monoisotopic (exact) mass is 296 g/mol. The van der Waals surface area contributed by atoms with Gasteiger partial charge in [0.15, 0.2) is 11.5 Å². The van der Waals surface area contributed by atoms with E-state index in [0.717, 1.165) is 22.5 Å². The van der Waals surface area contributed by atoms with Crippen LogP contribution in [0, 0.1) is 6.92 Å². The highest BCUT2D eigenvalue weighted by Gasteiger charge is 2.43. The van der Waals surface area contributed by atoms with Crippen molar-refractivity contribution in [1.82, 2.24) is 14.8 Å². The second-order valence-electron chi connectivity index (χ2n) is 5.22. The largest absolute Gasteiger partial charge is 0.299 e. The lowest BCUT2D eigenvalue weighted by Gasteiger charge is -2.27. The number of nitrogens with two attached hydrogens (primary N) is 1. The molecule has 0 saturated heterocycles. The third-order valence-electron chi connectivity index (χ3n) is 3.89. The number of hydrogen-bond acceptors (Lipinski definition) is 3. The van der Waals surface area contributed by atoms with Crippen LogP contribution in [0.25, 0.3) is 11.4 Å². The summed E-state index contributed by atoms with van der Waals surface area (Å²) in [5.41, 5.74) is 8.77. The van der Waals surface area contributed by atoms with Gasteiger partial charge in [-0.15, -0.1) is 0 Å². The fraction of sp³-hybridized carbons (Fsp3) is 0.125. The Bertz CT molecular complexity index is 841. The number of fused-ring (bicyclic) bond motifs is 3. The Morgan fingerprint density at radius 2 is 1.90 bits per heavy atom. The molecular formula is C16H13ClN4. The summed E-state index contributed by atoms with van der Waals surface area (Å²) in [6, 6.07) is 15.6. The molecule has 0 bridgehead atoms. The lowest BCUT2D eigenvalue weighted by Crippen LogP contribution is -2.43. The fourth-order valence-corrected chi connectivity index (χ4v) is 3.12. The van der Waals surface area contributed by atoms with E-state index in [0.29, 0.717) is 10.8 Å². The lowest BCUT2D eigenvalue weighted by molar-refractivity contribution is 0.423. The summed E-state index contributed by atoms with van der Waals surface area (Å²) < 4.78 is 1.79. The van der Waals surface area contributed by atoms with Crippen molar-refractivity contribution in [2.24, 2.45) is 5.73 Å². The van der Waals surface area contributed by atoms with Crippen molar-refractivity contribution >= 4 is 11.6 Å². The minimum absolute atomic E-state index is 0.655. The smallest absolute Gasteiger partial charge is 0.164 e. The van der Waals surface area contributed by atoms with Crippen molar-refractivity contribution < 1.29 is 0 Å². The van der Waals surface area contributed by atoms with Crippen LogP contribution in [-0.2, 0) is 5.66 Å². The first-order chi connectivity index (χ1) is 10.1. The molecule has 5 heteroatoms. The van der Waals surface area contributed by atoms with E-state index in [-0.39, 0.29) is 0 Å². The molecule has 1 unspecified atom stereocenters. The molecule has 0 aliphatic carbocycles. The lowest BCUT2D eigenvalue weighted by atomic mass is 9.92. The Morgan fingerprint density at radius 3 is 2.67 bits per heavy atom. The molecule has 1 aliphatic rings. The molecule has 104 valence electrons. The van der Waals surface area contributed by atoms with Crippen molar-refractivity contribution in [3.8, 4) is 11.4 Å². The fourth-order valence-electron chi connectivity index (χ4n) is 2.95. The maximum Gasteiger partial charge on any atom is 0.164 e. The molecule has 0 radical (unpaired) electrons. The summed E-state index contributed by atoms with van der Waals surface area (Å²) >= 11 is 6.17. The van der Waals surface area contributed by atoms with E-state index < -0.39 is 5.66 Å². The molecule has 3 aromatic rings. The highest BCUT2D eigenvalue weighted by atomic mass is 35.5. The molecule has 1 aromatic heterocycles. The van der Waals surface area contributed by atoms with Gasteiger partial charge in [0.1, 0.15) is 5.82 Å². The molecule has 0 amide bonds. The highest BCUT2D eigenvalue weighted by molar-refractivity contribution is 6.30. The Balaban J connectivity index is 2.09. The maximum absolute atomic E-state index is 6.79. The molecule has 0 saturated carbocycles. The normalized spacial score (nSPS) is 19.4. The number of halogens is 1. The average molecular weight is 297 g/mol. The summed E-state index contributed by atoms with van der Waals surface area (Å²) in [6.45, 7) is 1.87. The van der Waals surface area contributed by atoms with E-state index in [1.165, 1.54) is 0 Å². The SMILES string of the molecule is Cc1nc2n(n1)C(N)(c1ccccc1)c1cc(Cl)ccc1-2. The predicted octanol–water partition coefficient (Wildman–Crippen LogP) is 2.93. The summed E-state index contributed by atoms with van der Waals surface area (Å²) in [7, 11) is 0. The number of benzene rings is 2. The molecule has 1 aliphatic heterocycles. The molecule has 0 fully saturated rings. The van der Waals surface area contributed by atoms with Gasteiger partial charge in [-0.1, -0.05) is 41.9 Å². The Labute approximate surface area is 127 Å². The van der Waals surface area contributed by atoms with Gasteiger partial charge in [0.25, 0.3) is 0 Å². The van der Waals surface area contributed by atoms with Crippen LogP contribution in [0.2, 0.25) is 5.02 Å². The molecule has 4 nitrogen and oxygen atoms in total. The molecule has 2 heterocycles. The zero-order valence-corrected chi connectivity index (χ0v) is 12.2. The Hall–Kier alpha value is -2.17. The Morgan fingerprint density at radius 1 is 1.14 bits per heavy atom. The minimum Gasteiger partial charge on any atom is -0.299 e. The van der Waals surface area contributed by atoms with Crippen molar-refractivity contribution in [2.45, 2.75) is 12.6 Å². The molecule has 0 spiro atoms. The molecule has 2 aromatic carbocycles. The van der Waals surface area contributed by atoms with E-state index in [1.807, 2.05) is 55.5 Å². The minimum atomic E-state index is -0.877. The third-order valence-corrected chi connectivity index (χ3v) is 4.13. The Kier molecular flexibility index (Phi) is 2.49. The highest BCUT2D eigenvalue weighted by Crippen LogP contribution is 2.43. The standard InChI is InChI=1S/C16H13ClN4/c1-10-19-15-13-8-7-12(17)9-14(13)16(18,21(15)20-10)11-5-3-2-4-6-11/h2-9H,18H2,1H3. The summed E-state index contributed by atoms with van der Waals surface area (Å²) in [5, 5.41) is 5.16. The van der Waals surface area contributed by atoms with E-state index in [4.69, 9.17) is 17.3 Å². The number of rotatable bonds is 1. The summed E-state index contributed by atoms with van der Waals surface area (Å²) in [6.07, 6.45) is 0. The van der Waals surface area contributed by atoms with E-state index >= 15 is 0 Å². The van der Waals surface area contributed by atoms with Gasteiger partial charge in [-0.2, -0.15) is 5.10 Å². The van der Waals surface area contributed by atoms with Crippen molar-refractivity contribution in [3.63, 3.8) is 0 Å². The number of nitrogens with zero attached hydrogens (tertiary/aromatic N) is 3. The molecule has 2 N–H and O–H groups in total. The van der Waals surface area contributed by atoms with Gasteiger partial charge < -0.3 is 0 Å². The van der Waals surface area contributed by atoms with Crippen LogP contribution < -0.4 is 5.73 Å². The maximum atomic E-state index is 6.79. The van der Waals surface area contributed by atoms with E-state index in [1.54, 1.807) is 4.68 Å². The van der Waals surface area contributed by atoms with Crippen molar-refractivity contribution in [2.75, 3.05) is 0 Å². The predicted molar refractivity (Wildman–Crippen MR) is 82.0 cm³/mol. The van der Waals surface area contributed by atoms with Crippen LogP contribution in [0.1, 0.15) is 17.0 Å². The van der Waals surface area contributed by atoms with Crippen LogP contribution in [0.15, 0.2) is 48.5 Å². The van der Waals surface area contributed by atoms with Gasteiger partial charge in [-0.3, -0.25) is 5.73 Å². The summed E-state index contributed by atoms with van der Waals surface area (Å²) in [5.74, 6) is 1.49. The first kappa shape index (κ1) is 12.6. The quantitative estimate of drug-likeness (QED) is 0.751. The zero-order valence-electron chi connectivity index (χ0n) is 11.4. The third kappa shape index (κ3) is 1.60. The van der Waals surface area contributed by atoms with Crippen molar-refractivity contribution in [1.29, 1.82) is 0 Å². The molecule has 21 heavy (non-hydrogen) atoms. The van der Waals surface area contributed by atoms with Gasteiger partial charge in [-0.05, 0) is 30.7 Å². The van der Waals surface area contributed by atoms with Crippen LogP contribution in [0.4, 0.5) is 0 Å². The van der Waals surface area contributed by atoms with Gasteiger partial charge in [0, 0.05) is 16.1 Å². The van der Waals surface area contributed by atoms with Gasteiger partial charge in [0.05, 0.1) is 0 Å². The topological polar surface area (TPSA) is 56.7 Å². The first-order valence-corrected chi connectivity index (χ1v) is 7.07. The number of aromatic nitrogens is 3. The molecular weight excluding hydrogens is 284 g/mol. The molecule has 4 rings (SSSR count). The van der Waals surface area contributed by atoms with Crippen LogP contribution in [0.3, 0.4) is 0 Å².